The molecule has 0 unspecified atom stereocenters. The number of rotatable bonds is 4. The number of methoxy groups -OCH3 is 1. The molecule has 0 saturated carbocycles. The molecule has 1 N–H and O–H groups in total. The second-order valence-electron chi connectivity index (χ2n) is 6.26. The van der Waals surface area contributed by atoms with Crippen molar-refractivity contribution in [1.82, 2.24) is 0 Å². The van der Waals surface area contributed by atoms with Crippen LogP contribution in [0.5, 0.6) is 0 Å². The summed E-state index contributed by atoms with van der Waals surface area (Å²) in [4.78, 5) is 24.4. The van der Waals surface area contributed by atoms with Crippen molar-refractivity contribution in [3.8, 4) is 0 Å². The van der Waals surface area contributed by atoms with Crippen molar-refractivity contribution in [2.24, 2.45) is 0 Å². The van der Waals surface area contributed by atoms with Crippen LogP contribution in [0.25, 0.3) is 10.8 Å². The van der Waals surface area contributed by atoms with E-state index in [4.69, 9.17) is 0 Å². The van der Waals surface area contributed by atoms with E-state index in [-0.39, 0.29) is 17.0 Å². The molecule has 142 valence electrons. The zero-order valence-corrected chi connectivity index (χ0v) is 15.7. The fraction of sp³-hybridized carbons (Fsp3) is 0.100. The van der Waals surface area contributed by atoms with Crippen molar-refractivity contribution >= 4 is 44.0 Å². The Hall–Kier alpha value is -3.39. The first kappa shape index (κ1) is 18.0. The minimum absolute atomic E-state index is 0.195. The lowest BCUT2D eigenvalue weighted by atomic mass is 10.1. The first-order valence-electron chi connectivity index (χ1n) is 8.44. The summed E-state index contributed by atoms with van der Waals surface area (Å²) in [5.41, 5.74) is 1.14. The summed E-state index contributed by atoms with van der Waals surface area (Å²) in [6.07, 6.45) is 0. The number of amides is 1. The fourth-order valence-electron chi connectivity index (χ4n) is 3.30. The molecular weight excluding hydrogens is 380 g/mol. The monoisotopic (exact) mass is 396 g/mol. The SMILES string of the molecule is COC(=O)c1cccc(NC(=O)CN2c3cccc4cccc(c34)S2(=O)=O)c1. The molecule has 8 heteroatoms. The van der Waals surface area contributed by atoms with Gasteiger partial charge >= 0.3 is 5.97 Å². The average Bonchev–Trinajstić information content (AvgIpc) is 2.91. The molecular formula is C20H16N2O5S. The van der Waals surface area contributed by atoms with Crippen LogP contribution in [-0.2, 0) is 19.6 Å². The average molecular weight is 396 g/mol. The Kier molecular flexibility index (Phi) is 4.27. The number of sulfonamides is 1. The number of carbonyl (C=O) groups excluding carboxylic acids is 2. The molecule has 0 radical (unpaired) electrons. The van der Waals surface area contributed by atoms with Gasteiger partial charge in [-0.3, -0.25) is 9.10 Å². The van der Waals surface area contributed by atoms with Crippen LogP contribution in [0.3, 0.4) is 0 Å². The lowest BCUT2D eigenvalue weighted by Gasteiger charge is -2.18. The van der Waals surface area contributed by atoms with Crippen molar-refractivity contribution in [3.63, 3.8) is 0 Å². The molecule has 1 amide bonds. The number of benzene rings is 3. The van der Waals surface area contributed by atoms with Crippen LogP contribution in [0.1, 0.15) is 10.4 Å². The Balaban J connectivity index is 1.61. The zero-order valence-electron chi connectivity index (χ0n) is 14.9. The topological polar surface area (TPSA) is 92.8 Å². The van der Waals surface area contributed by atoms with Gasteiger partial charge in [-0.2, -0.15) is 0 Å². The van der Waals surface area contributed by atoms with Crippen molar-refractivity contribution in [3.05, 3.63) is 66.2 Å². The van der Waals surface area contributed by atoms with Gasteiger partial charge in [0, 0.05) is 11.1 Å². The van der Waals surface area contributed by atoms with Gasteiger partial charge in [0.2, 0.25) is 5.91 Å². The summed E-state index contributed by atoms with van der Waals surface area (Å²) in [5, 5.41) is 4.05. The number of anilines is 2. The Labute approximate surface area is 161 Å². The first-order chi connectivity index (χ1) is 13.4. The molecule has 7 nitrogen and oxygen atoms in total. The second kappa shape index (κ2) is 6.65. The highest BCUT2D eigenvalue weighted by molar-refractivity contribution is 7.93. The van der Waals surface area contributed by atoms with E-state index in [2.05, 4.69) is 10.1 Å². The highest BCUT2D eigenvalue weighted by Gasteiger charge is 2.36. The maximum Gasteiger partial charge on any atom is 0.337 e. The van der Waals surface area contributed by atoms with Gasteiger partial charge in [-0.05, 0) is 35.7 Å². The van der Waals surface area contributed by atoms with Crippen LogP contribution < -0.4 is 9.62 Å². The Morgan fingerprint density at radius 1 is 1.04 bits per heavy atom. The maximum absolute atomic E-state index is 12.9. The molecule has 1 aliphatic rings. The predicted octanol–water partition coefficient (Wildman–Crippen LogP) is 2.77. The first-order valence-corrected chi connectivity index (χ1v) is 9.88. The third kappa shape index (κ3) is 2.87. The molecule has 0 aliphatic carbocycles. The van der Waals surface area contributed by atoms with Gasteiger partial charge in [0.15, 0.2) is 0 Å². The number of hydrogen-bond donors (Lipinski definition) is 1. The highest BCUT2D eigenvalue weighted by Crippen LogP contribution is 2.41. The van der Waals surface area contributed by atoms with Crippen molar-refractivity contribution in [2.75, 3.05) is 23.3 Å². The van der Waals surface area contributed by atoms with Crippen LogP contribution in [0, 0.1) is 0 Å². The summed E-state index contributed by atoms with van der Waals surface area (Å²) in [7, 11) is -2.55. The largest absolute Gasteiger partial charge is 0.465 e. The van der Waals surface area contributed by atoms with E-state index < -0.39 is 21.9 Å². The second-order valence-corrected chi connectivity index (χ2v) is 8.09. The van der Waals surface area contributed by atoms with Crippen LogP contribution >= 0.6 is 0 Å². The van der Waals surface area contributed by atoms with Crippen LogP contribution in [0.2, 0.25) is 0 Å². The molecule has 3 aromatic carbocycles. The number of carbonyl (C=O) groups is 2. The van der Waals surface area contributed by atoms with Gasteiger partial charge < -0.3 is 10.1 Å². The molecule has 0 saturated heterocycles. The van der Waals surface area contributed by atoms with E-state index in [1.807, 2.05) is 12.1 Å². The third-order valence-corrected chi connectivity index (χ3v) is 6.34. The molecule has 4 rings (SSSR count). The number of nitrogens with one attached hydrogen (secondary N) is 1. The fourth-order valence-corrected chi connectivity index (χ4v) is 4.97. The molecule has 0 spiro atoms. The minimum atomic E-state index is -3.81. The van der Waals surface area contributed by atoms with Crippen LogP contribution in [0.4, 0.5) is 11.4 Å². The normalized spacial score (nSPS) is 14.1. The molecule has 3 aromatic rings. The molecule has 1 aliphatic heterocycles. The van der Waals surface area contributed by atoms with Crippen LogP contribution in [-0.4, -0.2) is 33.9 Å². The number of hydrogen-bond acceptors (Lipinski definition) is 5. The smallest absolute Gasteiger partial charge is 0.337 e. The van der Waals surface area contributed by atoms with E-state index in [0.717, 1.165) is 9.69 Å². The van der Waals surface area contributed by atoms with Gasteiger partial charge in [-0.25, -0.2) is 13.2 Å². The standard InChI is InChI=1S/C20H16N2O5S/c1-27-20(24)14-7-2-8-15(11-14)21-18(23)12-22-16-9-3-5-13-6-4-10-17(19(13)16)28(22,25)26/h2-11H,12H2,1H3,(H,21,23). The quantitative estimate of drug-likeness (QED) is 0.685. The summed E-state index contributed by atoms with van der Waals surface area (Å²) in [6, 6.07) is 16.6. The molecule has 1 heterocycles. The Morgan fingerprint density at radius 3 is 2.50 bits per heavy atom. The lowest BCUT2D eigenvalue weighted by molar-refractivity contribution is -0.114. The minimum Gasteiger partial charge on any atom is -0.465 e. The van der Waals surface area contributed by atoms with Gasteiger partial charge in [0.25, 0.3) is 10.0 Å². The van der Waals surface area contributed by atoms with Gasteiger partial charge in [0.05, 0.1) is 23.3 Å². The molecule has 0 aromatic heterocycles. The summed E-state index contributed by atoms with van der Waals surface area (Å²) in [5.74, 6) is -1.05. The number of nitrogens with zero attached hydrogens (tertiary/aromatic N) is 1. The van der Waals surface area contributed by atoms with Crippen molar-refractivity contribution < 1.29 is 22.7 Å². The summed E-state index contributed by atoms with van der Waals surface area (Å²) >= 11 is 0. The van der Waals surface area contributed by atoms with E-state index >= 15 is 0 Å². The highest BCUT2D eigenvalue weighted by atomic mass is 32.2. The maximum atomic E-state index is 12.9. The van der Waals surface area contributed by atoms with Gasteiger partial charge in [-0.1, -0.05) is 30.3 Å². The van der Waals surface area contributed by atoms with E-state index in [0.29, 0.717) is 16.8 Å². The van der Waals surface area contributed by atoms with E-state index in [9.17, 15) is 18.0 Å². The van der Waals surface area contributed by atoms with E-state index in [1.54, 1.807) is 42.5 Å². The third-order valence-electron chi connectivity index (χ3n) is 4.54. The van der Waals surface area contributed by atoms with Crippen molar-refractivity contribution in [1.29, 1.82) is 0 Å². The Morgan fingerprint density at radius 2 is 1.75 bits per heavy atom. The van der Waals surface area contributed by atoms with Gasteiger partial charge in [-0.15, -0.1) is 0 Å². The molecule has 0 atom stereocenters. The van der Waals surface area contributed by atoms with Crippen molar-refractivity contribution in [2.45, 2.75) is 4.90 Å². The van der Waals surface area contributed by atoms with E-state index in [1.165, 1.54) is 13.2 Å². The zero-order chi connectivity index (χ0) is 19.9. The molecule has 28 heavy (non-hydrogen) atoms. The van der Waals surface area contributed by atoms with Gasteiger partial charge in [0.1, 0.15) is 6.54 Å². The number of esters is 1. The van der Waals surface area contributed by atoms with Crippen LogP contribution in [0.15, 0.2) is 65.6 Å². The predicted molar refractivity (Wildman–Crippen MR) is 105 cm³/mol. The number of ether oxygens (including phenoxy) is 1. The summed E-state index contributed by atoms with van der Waals surface area (Å²) < 4.78 is 31.6. The Bertz CT molecular complexity index is 1210. The molecule has 0 fully saturated rings. The summed E-state index contributed by atoms with van der Waals surface area (Å²) in [6.45, 7) is -0.376. The lowest BCUT2D eigenvalue weighted by Crippen LogP contribution is -2.35. The molecule has 0 bridgehead atoms.